The summed E-state index contributed by atoms with van der Waals surface area (Å²) in [7, 11) is 0. The molecule has 1 aromatic carbocycles. The standard InChI is InChI=1S/C10H5ClF2N2/c11-10-9(14-3-4-15-10)6-1-2-7(12)8(13)5-6/h1-5H. The number of aromatic nitrogens is 2. The molecule has 0 spiro atoms. The van der Waals surface area contributed by atoms with E-state index in [1.807, 2.05) is 0 Å². The molecule has 2 rings (SSSR count). The van der Waals surface area contributed by atoms with Crippen LogP contribution in [-0.2, 0) is 0 Å². The molecule has 0 fully saturated rings. The van der Waals surface area contributed by atoms with Crippen LogP contribution in [0.1, 0.15) is 0 Å². The van der Waals surface area contributed by atoms with Gasteiger partial charge in [-0.2, -0.15) is 0 Å². The predicted octanol–water partition coefficient (Wildman–Crippen LogP) is 3.08. The van der Waals surface area contributed by atoms with Gasteiger partial charge in [0, 0.05) is 18.0 Å². The Bertz CT molecular complexity index is 503. The predicted molar refractivity (Wildman–Crippen MR) is 52.4 cm³/mol. The lowest BCUT2D eigenvalue weighted by molar-refractivity contribution is 0.509. The molecule has 0 aliphatic carbocycles. The van der Waals surface area contributed by atoms with Gasteiger partial charge in [-0.3, -0.25) is 4.98 Å². The topological polar surface area (TPSA) is 25.8 Å². The van der Waals surface area contributed by atoms with Gasteiger partial charge in [0.2, 0.25) is 0 Å². The number of hydrogen-bond donors (Lipinski definition) is 0. The fourth-order valence-corrected chi connectivity index (χ4v) is 1.37. The quantitative estimate of drug-likeness (QED) is 0.747. The fourth-order valence-electron chi connectivity index (χ4n) is 1.16. The molecule has 15 heavy (non-hydrogen) atoms. The second-order valence-corrected chi connectivity index (χ2v) is 3.18. The molecule has 0 unspecified atom stereocenters. The van der Waals surface area contributed by atoms with Gasteiger partial charge in [0.15, 0.2) is 16.8 Å². The fraction of sp³-hybridized carbons (Fsp3) is 0. The molecule has 1 aromatic heterocycles. The molecule has 0 aliphatic rings. The van der Waals surface area contributed by atoms with E-state index in [1.165, 1.54) is 18.5 Å². The van der Waals surface area contributed by atoms with E-state index in [0.717, 1.165) is 12.1 Å². The summed E-state index contributed by atoms with van der Waals surface area (Å²) in [5, 5.41) is 0.156. The van der Waals surface area contributed by atoms with Crippen molar-refractivity contribution in [1.29, 1.82) is 0 Å². The van der Waals surface area contributed by atoms with Crippen LogP contribution in [0.4, 0.5) is 8.78 Å². The molecule has 0 saturated heterocycles. The van der Waals surface area contributed by atoms with Crippen LogP contribution in [-0.4, -0.2) is 9.97 Å². The lowest BCUT2D eigenvalue weighted by atomic mass is 10.1. The average Bonchev–Trinajstić information content (AvgIpc) is 2.23. The van der Waals surface area contributed by atoms with E-state index >= 15 is 0 Å². The molecule has 2 nitrogen and oxygen atoms in total. The monoisotopic (exact) mass is 226 g/mol. The van der Waals surface area contributed by atoms with Crippen LogP contribution in [0.15, 0.2) is 30.6 Å². The van der Waals surface area contributed by atoms with E-state index in [0.29, 0.717) is 11.3 Å². The van der Waals surface area contributed by atoms with Crippen molar-refractivity contribution in [1.82, 2.24) is 9.97 Å². The molecule has 1 heterocycles. The zero-order chi connectivity index (χ0) is 10.8. The summed E-state index contributed by atoms with van der Waals surface area (Å²) in [6, 6.07) is 3.45. The van der Waals surface area contributed by atoms with E-state index in [-0.39, 0.29) is 5.15 Å². The van der Waals surface area contributed by atoms with Gasteiger partial charge in [0.05, 0.1) is 0 Å². The highest BCUT2D eigenvalue weighted by atomic mass is 35.5. The number of rotatable bonds is 1. The summed E-state index contributed by atoms with van der Waals surface area (Å²) in [5.41, 5.74) is 0.727. The third kappa shape index (κ3) is 1.94. The van der Waals surface area contributed by atoms with E-state index in [1.54, 1.807) is 0 Å². The minimum absolute atomic E-state index is 0.156. The largest absolute Gasteiger partial charge is 0.251 e. The van der Waals surface area contributed by atoms with Crippen LogP contribution < -0.4 is 0 Å². The highest BCUT2D eigenvalue weighted by molar-refractivity contribution is 6.31. The summed E-state index contributed by atoms with van der Waals surface area (Å²) in [5.74, 6) is -1.84. The summed E-state index contributed by atoms with van der Waals surface area (Å²) < 4.78 is 25.6. The summed E-state index contributed by atoms with van der Waals surface area (Å²) in [4.78, 5) is 7.73. The Morgan fingerprint density at radius 3 is 2.40 bits per heavy atom. The van der Waals surface area contributed by atoms with Crippen LogP contribution in [0.5, 0.6) is 0 Å². The lowest BCUT2D eigenvalue weighted by Gasteiger charge is -2.02. The summed E-state index contributed by atoms with van der Waals surface area (Å²) in [6.07, 6.45) is 2.86. The van der Waals surface area contributed by atoms with E-state index in [2.05, 4.69) is 9.97 Å². The second kappa shape index (κ2) is 3.90. The summed E-state index contributed by atoms with van der Waals surface area (Å²) >= 11 is 5.76. The van der Waals surface area contributed by atoms with Crippen molar-refractivity contribution in [2.24, 2.45) is 0 Å². The minimum atomic E-state index is -0.936. The number of hydrogen-bond acceptors (Lipinski definition) is 2. The van der Waals surface area contributed by atoms with Gasteiger partial charge in [-0.25, -0.2) is 13.8 Å². The van der Waals surface area contributed by atoms with E-state index in [9.17, 15) is 8.78 Å². The van der Waals surface area contributed by atoms with Crippen molar-refractivity contribution < 1.29 is 8.78 Å². The molecule has 0 aliphatic heterocycles. The molecule has 0 radical (unpaired) electrons. The maximum absolute atomic E-state index is 12.9. The van der Waals surface area contributed by atoms with Gasteiger partial charge in [-0.1, -0.05) is 11.6 Å². The molecule has 0 saturated carbocycles. The zero-order valence-electron chi connectivity index (χ0n) is 7.42. The van der Waals surface area contributed by atoms with Gasteiger partial charge in [0.1, 0.15) is 5.69 Å². The Labute approximate surface area is 89.6 Å². The lowest BCUT2D eigenvalue weighted by Crippen LogP contribution is -1.90. The molecule has 2 aromatic rings. The highest BCUT2D eigenvalue weighted by Gasteiger charge is 2.08. The van der Waals surface area contributed by atoms with Gasteiger partial charge in [-0.15, -0.1) is 0 Å². The molecule has 5 heteroatoms. The summed E-state index contributed by atoms with van der Waals surface area (Å²) in [6.45, 7) is 0. The smallest absolute Gasteiger partial charge is 0.159 e. The Balaban J connectivity index is 2.55. The normalized spacial score (nSPS) is 10.3. The van der Waals surface area contributed by atoms with Crippen LogP contribution in [0, 0.1) is 11.6 Å². The van der Waals surface area contributed by atoms with Crippen molar-refractivity contribution in [3.63, 3.8) is 0 Å². The zero-order valence-corrected chi connectivity index (χ0v) is 8.17. The average molecular weight is 227 g/mol. The Morgan fingerprint density at radius 2 is 1.73 bits per heavy atom. The van der Waals surface area contributed by atoms with Gasteiger partial charge >= 0.3 is 0 Å². The molecular formula is C10H5ClF2N2. The second-order valence-electron chi connectivity index (χ2n) is 2.82. The minimum Gasteiger partial charge on any atom is -0.251 e. The van der Waals surface area contributed by atoms with Crippen molar-refractivity contribution in [2.75, 3.05) is 0 Å². The molecule has 0 amide bonds. The maximum atomic E-state index is 12.9. The number of nitrogens with zero attached hydrogens (tertiary/aromatic N) is 2. The Morgan fingerprint density at radius 1 is 1.00 bits per heavy atom. The van der Waals surface area contributed by atoms with E-state index < -0.39 is 11.6 Å². The SMILES string of the molecule is Fc1ccc(-c2nccnc2Cl)cc1F. The Hall–Kier alpha value is -1.55. The van der Waals surface area contributed by atoms with Gasteiger partial charge in [-0.05, 0) is 18.2 Å². The van der Waals surface area contributed by atoms with Crippen LogP contribution in [0.3, 0.4) is 0 Å². The first-order valence-electron chi connectivity index (χ1n) is 4.10. The number of halogens is 3. The number of benzene rings is 1. The van der Waals surface area contributed by atoms with Gasteiger partial charge < -0.3 is 0 Å². The third-order valence-corrected chi connectivity index (χ3v) is 2.12. The van der Waals surface area contributed by atoms with Crippen LogP contribution >= 0.6 is 11.6 Å². The molecular weight excluding hydrogens is 222 g/mol. The first-order chi connectivity index (χ1) is 7.18. The van der Waals surface area contributed by atoms with Crippen molar-refractivity contribution in [2.45, 2.75) is 0 Å². The molecule has 0 N–H and O–H groups in total. The molecule has 76 valence electrons. The molecule has 0 atom stereocenters. The van der Waals surface area contributed by atoms with Crippen LogP contribution in [0.25, 0.3) is 11.3 Å². The van der Waals surface area contributed by atoms with Crippen LogP contribution in [0.2, 0.25) is 5.15 Å². The van der Waals surface area contributed by atoms with Gasteiger partial charge in [0.25, 0.3) is 0 Å². The maximum Gasteiger partial charge on any atom is 0.159 e. The highest BCUT2D eigenvalue weighted by Crippen LogP contribution is 2.24. The molecule has 0 bridgehead atoms. The van der Waals surface area contributed by atoms with E-state index in [4.69, 9.17) is 11.6 Å². The third-order valence-electron chi connectivity index (χ3n) is 1.85. The van der Waals surface area contributed by atoms with Crippen molar-refractivity contribution >= 4 is 11.6 Å². The van der Waals surface area contributed by atoms with Crippen molar-refractivity contribution in [3.8, 4) is 11.3 Å². The Kier molecular flexibility index (Phi) is 2.60. The van der Waals surface area contributed by atoms with Crippen molar-refractivity contribution in [3.05, 3.63) is 47.4 Å². The first kappa shape index (κ1) is 9.98. The first-order valence-corrected chi connectivity index (χ1v) is 4.48.